The molecular formula is C13H16Cl2N2O3S. The minimum Gasteiger partial charge on any atom is -0.347 e. The van der Waals surface area contributed by atoms with Gasteiger partial charge in [-0.05, 0) is 37.8 Å². The molecule has 0 aromatic heterocycles. The minimum atomic E-state index is -3.96. The number of carbonyl (C=O) groups excluding carboxylic acids is 1. The van der Waals surface area contributed by atoms with Crippen molar-refractivity contribution >= 4 is 39.1 Å². The molecule has 2 rings (SSSR count). The van der Waals surface area contributed by atoms with Crippen LogP contribution < -0.4 is 10.5 Å². The normalized spacial score (nSPS) is 17.1. The van der Waals surface area contributed by atoms with Crippen molar-refractivity contribution in [2.24, 2.45) is 5.14 Å². The fourth-order valence-electron chi connectivity index (χ4n) is 2.37. The van der Waals surface area contributed by atoms with E-state index in [9.17, 15) is 13.2 Å². The minimum absolute atomic E-state index is 0.0205. The third-order valence-corrected chi connectivity index (χ3v) is 5.64. The molecule has 0 aliphatic heterocycles. The summed E-state index contributed by atoms with van der Waals surface area (Å²) in [7, 11) is -3.96. The lowest BCUT2D eigenvalue weighted by atomic mass is 9.74. The Labute approximate surface area is 133 Å². The summed E-state index contributed by atoms with van der Waals surface area (Å²) in [6, 6.07) is 2.29. The van der Waals surface area contributed by atoms with Gasteiger partial charge in [0.25, 0.3) is 5.91 Å². The van der Waals surface area contributed by atoms with Gasteiger partial charge in [-0.15, -0.1) is 0 Å². The molecule has 5 nitrogen and oxygen atoms in total. The molecule has 3 N–H and O–H groups in total. The summed E-state index contributed by atoms with van der Waals surface area (Å²) >= 11 is 11.9. The summed E-state index contributed by atoms with van der Waals surface area (Å²) in [5.74, 6) is -0.436. The molecule has 0 saturated heterocycles. The van der Waals surface area contributed by atoms with E-state index in [-0.39, 0.29) is 26.0 Å². The molecule has 1 aliphatic carbocycles. The predicted molar refractivity (Wildman–Crippen MR) is 82.2 cm³/mol. The van der Waals surface area contributed by atoms with Gasteiger partial charge in [-0.3, -0.25) is 4.79 Å². The number of nitrogens with two attached hydrogens (primary N) is 1. The maximum absolute atomic E-state index is 12.4. The van der Waals surface area contributed by atoms with E-state index in [4.69, 9.17) is 28.3 Å². The lowest BCUT2D eigenvalue weighted by Crippen LogP contribution is -2.53. The standard InChI is InChI=1S/C13H16Cl2N2O3S/c1-2-13(4-3-5-13)17-12(18)9-6-8(21(16,19)20)7-10(14)11(9)15/h6-7H,2-5H2,1H3,(H,17,18)(H2,16,19,20). The Hall–Kier alpha value is -0.820. The SMILES string of the molecule is CCC1(NC(=O)c2cc(S(N)(=O)=O)cc(Cl)c2Cl)CCC1. The van der Waals surface area contributed by atoms with Crippen LogP contribution >= 0.6 is 23.2 Å². The summed E-state index contributed by atoms with van der Waals surface area (Å²) in [5.41, 5.74) is -0.210. The second kappa shape index (κ2) is 5.76. The molecule has 0 spiro atoms. The first-order valence-corrected chi connectivity index (χ1v) is 8.83. The molecule has 1 fully saturated rings. The smallest absolute Gasteiger partial charge is 0.253 e. The van der Waals surface area contributed by atoms with Crippen molar-refractivity contribution in [1.82, 2.24) is 5.32 Å². The summed E-state index contributed by atoms with van der Waals surface area (Å²) in [5, 5.41) is 8.00. The molecule has 1 aliphatic rings. The highest BCUT2D eigenvalue weighted by atomic mass is 35.5. The van der Waals surface area contributed by atoms with Crippen molar-refractivity contribution in [2.75, 3.05) is 0 Å². The first-order chi connectivity index (χ1) is 9.68. The Morgan fingerprint density at radius 2 is 2.00 bits per heavy atom. The van der Waals surface area contributed by atoms with Crippen molar-refractivity contribution in [3.05, 3.63) is 27.7 Å². The van der Waals surface area contributed by atoms with Crippen LogP contribution in [0.3, 0.4) is 0 Å². The number of amides is 1. The second-order valence-electron chi connectivity index (χ2n) is 5.25. The lowest BCUT2D eigenvalue weighted by Gasteiger charge is -2.42. The van der Waals surface area contributed by atoms with E-state index in [0.717, 1.165) is 37.8 Å². The second-order valence-corrected chi connectivity index (χ2v) is 7.60. The number of halogens is 2. The Bertz CT molecular complexity index is 679. The van der Waals surface area contributed by atoms with Crippen LogP contribution in [0.2, 0.25) is 10.0 Å². The number of primary sulfonamides is 1. The van der Waals surface area contributed by atoms with Gasteiger partial charge in [0.1, 0.15) is 0 Å². The zero-order chi connectivity index (χ0) is 15.8. The van der Waals surface area contributed by atoms with E-state index in [2.05, 4.69) is 5.32 Å². The molecule has 0 radical (unpaired) electrons. The van der Waals surface area contributed by atoms with Crippen molar-refractivity contribution in [2.45, 2.75) is 43.0 Å². The molecule has 0 unspecified atom stereocenters. The molecule has 1 aromatic rings. The van der Waals surface area contributed by atoms with Gasteiger partial charge in [-0.2, -0.15) is 0 Å². The first kappa shape index (κ1) is 16.5. The third kappa shape index (κ3) is 3.34. The molecule has 1 amide bonds. The monoisotopic (exact) mass is 350 g/mol. The highest BCUT2D eigenvalue weighted by molar-refractivity contribution is 7.89. The largest absolute Gasteiger partial charge is 0.347 e. The molecule has 0 heterocycles. The van der Waals surface area contributed by atoms with Crippen molar-refractivity contribution in [1.29, 1.82) is 0 Å². The van der Waals surface area contributed by atoms with E-state index in [1.54, 1.807) is 0 Å². The predicted octanol–water partition coefficient (Wildman–Crippen LogP) is 2.70. The molecule has 1 aromatic carbocycles. The highest BCUT2D eigenvalue weighted by Gasteiger charge is 2.37. The van der Waals surface area contributed by atoms with Gasteiger partial charge in [0.15, 0.2) is 0 Å². The van der Waals surface area contributed by atoms with Gasteiger partial charge in [0.2, 0.25) is 10.0 Å². The molecule has 8 heteroatoms. The number of rotatable bonds is 4. The Morgan fingerprint density at radius 3 is 2.43 bits per heavy atom. The van der Waals surface area contributed by atoms with Crippen molar-refractivity contribution in [3.8, 4) is 0 Å². The zero-order valence-corrected chi connectivity index (χ0v) is 13.8. The summed E-state index contributed by atoms with van der Waals surface area (Å²) in [6.45, 7) is 1.99. The Balaban J connectivity index is 2.39. The van der Waals surface area contributed by atoms with E-state index in [1.165, 1.54) is 0 Å². The first-order valence-electron chi connectivity index (χ1n) is 6.53. The molecule has 116 valence electrons. The third-order valence-electron chi connectivity index (χ3n) is 3.94. The summed E-state index contributed by atoms with van der Waals surface area (Å²) in [6.07, 6.45) is 3.66. The van der Waals surface area contributed by atoms with Gasteiger partial charge in [0, 0.05) is 5.54 Å². The van der Waals surface area contributed by atoms with Gasteiger partial charge < -0.3 is 5.32 Å². The zero-order valence-electron chi connectivity index (χ0n) is 11.4. The van der Waals surface area contributed by atoms with Crippen LogP contribution in [0, 0.1) is 0 Å². The number of sulfonamides is 1. The van der Waals surface area contributed by atoms with Crippen LogP contribution in [-0.2, 0) is 10.0 Å². The Kier molecular flexibility index (Phi) is 4.54. The number of benzene rings is 1. The molecular weight excluding hydrogens is 335 g/mol. The Morgan fingerprint density at radius 1 is 1.38 bits per heavy atom. The molecule has 21 heavy (non-hydrogen) atoms. The van der Waals surface area contributed by atoms with Gasteiger partial charge in [-0.25, -0.2) is 13.6 Å². The van der Waals surface area contributed by atoms with Crippen LogP contribution in [0.15, 0.2) is 17.0 Å². The highest BCUT2D eigenvalue weighted by Crippen LogP contribution is 2.36. The van der Waals surface area contributed by atoms with Crippen LogP contribution in [0.5, 0.6) is 0 Å². The van der Waals surface area contributed by atoms with Crippen LogP contribution in [0.25, 0.3) is 0 Å². The van der Waals surface area contributed by atoms with Crippen LogP contribution in [0.1, 0.15) is 43.0 Å². The summed E-state index contributed by atoms with van der Waals surface area (Å²) < 4.78 is 22.8. The lowest BCUT2D eigenvalue weighted by molar-refractivity contribution is 0.0820. The fraction of sp³-hybridized carbons (Fsp3) is 0.462. The van der Waals surface area contributed by atoms with Gasteiger partial charge in [0.05, 0.1) is 20.5 Å². The van der Waals surface area contributed by atoms with E-state index in [1.807, 2.05) is 6.92 Å². The van der Waals surface area contributed by atoms with Crippen LogP contribution in [-0.4, -0.2) is 19.9 Å². The molecule has 0 atom stereocenters. The average Bonchev–Trinajstić information content (AvgIpc) is 2.35. The van der Waals surface area contributed by atoms with E-state index in [0.29, 0.717) is 0 Å². The molecule has 1 saturated carbocycles. The average molecular weight is 351 g/mol. The van der Waals surface area contributed by atoms with E-state index < -0.39 is 15.9 Å². The van der Waals surface area contributed by atoms with Gasteiger partial charge >= 0.3 is 0 Å². The van der Waals surface area contributed by atoms with Crippen molar-refractivity contribution in [3.63, 3.8) is 0 Å². The van der Waals surface area contributed by atoms with Crippen molar-refractivity contribution < 1.29 is 13.2 Å². The number of nitrogens with one attached hydrogen (secondary N) is 1. The molecule has 0 bridgehead atoms. The quantitative estimate of drug-likeness (QED) is 0.874. The van der Waals surface area contributed by atoms with Crippen LogP contribution in [0.4, 0.5) is 0 Å². The number of hydrogen-bond donors (Lipinski definition) is 2. The van der Waals surface area contributed by atoms with Gasteiger partial charge in [-0.1, -0.05) is 30.1 Å². The maximum Gasteiger partial charge on any atom is 0.253 e. The fourth-order valence-corrected chi connectivity index (χ4v) is 3.42. The number of carbonyl (C=O) groups is 1. The van der Waals surface area contributed by atoms with E-state index >= 15 is 0 Å². The number of hydrogen-bond acceptors (Lipinski definition) is 3. The maximum atomic E-state index is 12.4. The summed E-state index contributed by atoms with van der Waals surface area (Å²) in [4.78, 5) is 12.1. The topological polar surface area (TPSA) is 89.3 Å².